The zero-order valence-electron chi connectivity index (χ0n) is 10.0. The lowest BCUT2D eigenvalue weighted by atomic mass is 9.95. The molecule has 3 nitrogen and oxygen atoms in total. The molecule has 0 radical (unpaired) electrons. The molecule has 1 aliphatic rings. The van der Waals surface area contributed by atoms with Gasteiger partial charge in [-0.15, -0.1) is 0 Å². The van der Waals surface area contributed by atoms with Gasteiger partial charge >= 0.3 is 0 Å². The summed E-state index contributed by atoms with van der Waals surface area (Å²) in [5.41, 5.74) is 9.87. The van der Waals surface area contributed by atoms with Gasteiger partial charge in [0.2, 0.25) is 0 Å². The Hall–Kier alpha value is -0.830. The van der Waals surface area contributed by atoms with Crippen LogP contribution < -0.4 is 5.73 Å². The first-order valence-corrected chi connectivity index (χ1v) is 5.84. The molecule has 2 rings (SSSR count). The summed E-state index contributed by atoms with van der Waals surface area (Å²) in [6, 6.07) is 0. The zero-order chi connectivity index (χ0) is 11.1. The SMILES string of the molecule is CC(C)(C)n1nc2c(c1CN)CCCC2. The normalized spacial score (nSPS) is 16.5. The van der Waals surface area contributed by atoms with Crippen molar-refractivity contribution in [1.82, 2.24) is 9.78 Å². The number of rotatable bonds is 1. The molecular weight excluding hydrogens is 186 g/mol. The number of aromatic nitrogens is 2. The molecule has 0 unspecified atom stereocenters. The summed E-state index contributed by atoms with van der Waals surface area (Å²) in [5.74, 6) is 0. The molecule has 1 heterocycles. The van der Waals surface area contributed by atoms with Crippen LogP contribution >= 0.6 is 0 Å². The molecule has 2 N–H and O–H groups in total. The first kappa shape index (κ1) is 10.7. The topological polar surface area (TPSA) is 43.8 Å². The van der Waals surface area contributed by atoms with Gasteiger partial charge in [0.1, 0.15) is 0 Å². The first-order valence-electron chi connectivity index (χ1n) is 5.84. The molecular formula is C12H21N3. The van der Waals surface area contributed by atoms with Crippen molar-refractivity contribution in [2.75, 3.05) is 0 Å². The summed E-state index contributed by atoms with van der Waals surface area (Å²) in [4.78, 5) is 0. The van der Waals surface area contributed by atoms with E-state index in [4.69, 9.17) is 10.8 Å². The molecule has 0 bridgehead atoms. The Bertz CT molecular complexity index is 358. The summed E-state index contributed by atoms with van der Waals surface area (Å²) < 4.78 is 2.13. The lowest BCUT2D eigenvalue weighted by Gasteiger charge is -2.22. The minimum Gasteiger partial charge on any atom is -0.325 e. The summed E-state index contributed by atoms with van der Waals surface area (Å²) >= 11 is 0. The van der Waals surface area contributed by atoms with Crippen molar-refractivity contribution in [2.45, 2.75) is 58.5 Å². The van der Waals surface area contributed by atoms with Crippen LogP contribution in [-0.4, -0.2) is 9.78 Å². The van der Waals surface area contributed by atoms with E-state index in [9.17, 15) is 0 Å². The van der Waals surface area contributed by atoms with E-state index in [1.807, 2.05) is 0 Å². The lowest BCUT2D eigenvalue weighted by molar-refractivity contribution is 0.341. The van der Waals surface area contributed by atoms with Gasteiger partial charge in [-0.25, -0.2) is 0 Å². The van der Waals surface area contributed by atoms with Gasteiger partial charge < -0.3 is 5.73 Å². The molecule has 1 aromatic rings. The smallest absolute Gasteiger partial charge is 0.0660 e. The number of fused-ring (bicyclic) bond motifs is 1. The van der Waals surface area contributed by atoms with E-state index in [2.05, 4.69) is 25.5 Å². The fourth-order valence-corrected chi connectivity index (χ4v) is 2.38. The maximum atomic E-state index is 5.86. The molecule has 3 heteroatoms. The highest BCUT2D eigenvalue weighted by Crippen LogP contribution is 2.27. The van der Waals surface area contributed by atoms with Crippen LogP contribution in [0.3, 0.4) is 0 Å². The second kappa shape index (κ2) is 3.63. The van der Waals surface area contributed by atoms with E-state index in [1.54, 1.807) is 0 Å². The Labute approximate surface area is 91.7 Å². The Morgan fingerprint density at radius 2 is 1.93 bits per heavy atom. The van der Waals surface area contributed by atoms with Crippen molar-refractivity contribution >= 4 is 0 Å². The van der Waals surface area contributed by atoms with Crippen LogP contribution in [0.5, 0.6) is 0 Å². The average molecular weight is 207 g/mol. The number of nitrogens with zero attached hydrogens (tertiary/aromatic N) is 2. The molecule has 15 heavy (non-hydrogen) atoms. The molecule has 0 saturated carbocycles. The van der Waals surface area contributed by atoms with Gasteiger partial charge in [-0.05, 0) is 52.0 Å². The highest BCUT2D eigenvalue weighted by atomic mass is 15.3. The van der Waals surface area contributed by atoms with Gasteiger partial charge in [-0.2, -0.15) is 5.10 Å². The number of nitrogens with two attached hydrogens (primary N) is 1. The quantitative estimate of drug-likeness (QED) is 0.765. The van der Waals surface area contributed by atoms with Crippen LogP contribution in [0.4, 0.5) is 0 Å². The van der Waals surface area contributed by atoms with Crippen LogP contribution in [0, 0.1) is 0 Å². The Morgan fingerprint density at radius 1 is 1.27 bits per heavy atom. The van der Waals surface area contributed by atoms with Gasteiger partial charge in [0, 0.05) is 6.54 Å². The Kier molecular flexibility index (Phi) is 2.59. The van der Waals surface area contributed by atoms with E-state index in [0.29, 0.717) is 6.54 Å². The molecule has 0 fully saturated rings. The summed E-state index contributed by atoms with van der Waals surface area (Å²) in [6.07, 6.45) is 4.86. The molecule has 0 amide bonds. The standard InChI is InChI=1S/C12H21N3/c1-12(2,3)15-11(8-13)9-6-4-5-7-10(9)14-15/h4-8,13H2,1-3H3. The highest BCUT2D eigenvalue weighted by Gasteiger charge is 2.25. The van der Waals surface area contributed by atoms with E-state index < -0.39 is 0 Å². The molecule has 0 saturated heterocycles. The van der Waals surface area contributed by atoms with Crippen LogP contribution in [0.2, 0.25) is 0 Å². The average Bonchev–Trinajstić information content (AvgIpc) is 2.55. The number of hydrogen-bond acceptors (Lipinski definition) is 2. The minimum absolute atomic E-state index is 0.0477. The fraction of sp³-hybridized carbons (Fsp3) is 0.750. The van der Waals surface area contributed by atoms with Gasteiger partial charge in [0.15, 0.2) is 0 Å². The highest BCUT2D eigenvalue weighted by molar-refractivity contribution is 5.29. The summed E-state index contributed by atoms with van der Waals surface area (Å²) in [6.45, 7) is 7.17. The lowest BCUT2D eigenvalue weighted by Crippen LogP contribution is -2.26. The summed E-state index contributed by atoms with van der Waals surface area (Å²) in [5, 5.41) is 4.73. The van der Waals surface area contributed by atoms with Crippen molar-refractivity contribution in [3.63, 3.8) is 0 Å². The van der Waals surface area contributed by atoms with Gasteiger partial charge in [0.05, 0.1) is 16.9 Å². The van der Waals surface area contributed by atoms with Crippen molar-refractivity contribution in [1.29, 1.82) is 0 Å². The molecule has 0 atom stereocenters. The van der Waals surface area contributed by atoms with E-state index in [0.717, 1.165) is 12.8 Å². The van der Waals surface area contributed by atoms with Crippen molar-refractivity contribution in [2.24, 2.45) is 5.73 Å². The van der Waals surface area contributed by atoms with E-state index >= 15 is 0 Å². The van der Waals surface area contributed by atoms with Gasteiger partial charge in [-0.1, -0.05) is 0 Å². The third-order valence-electron chi connectivity index (χ3n) is 3.09. The maximum Gasteiger partial charge on any atom is 0.0660 e. The molecule has 0 aromatic carbocycles. The fourth-order valence-electron chi connectivity index (χ4n) is 2.38. The molecule has 0 aliphatic heterocycles. The van der Waals surface area contributed by atoms with Crippen LogP contribution in [-0.2, 0) is 24.9 Å². The maximum absolute atomic E-state index is 5.86. The monoisotopic (exact) mass is 207 g/mol. The van der Waals surface area contributed by atoms with Crippen molar-refractivity contribution in [3.05, 3.63) is 17.0 Å². The van der Waals surface area contributed by atoms with E-state index in [-0.39, 0.29) is 5.54 Å². The third-order valence-corrected chi connectivity index (χ3v) is 3.09. The second-order valence-electron chi connectivity index (χ2n) is 5.37. The van der Waals surface area contributed by atoms with E-state index in [1.165, 1.54) is 29.8 Å². The van der Waals surface area contributed by atoms with Gasteiger partial charge in [-0.3, -0.25) is 4.68 Å². The molecule has 1 aromatic heterocycles. The number of hydrogen-bond donors (Lipinski definition) is 1. The molecule has 84 valence electrons. The van der Waals surface area contributed by atoms with Crippen molar-refractivity contribution < 1.29 is 0 Å². The Morgan fingerprint density at radius 3 is 2.53 bits per heavy atom. The van der Waals surface area contributed by atoms with Crippen LogP contribution in [0.25, 0.3) is 0 Å². The second-order valence-corrected chi connectivity index (χ2v) is 5.37. The Balaban J connectivity index is 2.51. The predicted octanol–water partition coefficient (Wildman–Crippen LogP) is 1.98. The zero-order valence-corrected chi connectivity index (χ0v) is 10.0. The summed E-state index contributed by atoms with van der Waals surface area (Å²) in [7, 11) is 0. The molecule has 0 spiro atoms. The van der Waals surface area contributed by atoms with Gasteiger partial charge in [0.25, 0.3) is 0 Å². The predicted molar refractivity (Wildman–Crippen MR) is 61.8 cm³/mol. The minimum atomic E-state index is 0.0477. The van der Waals surface area contributed by atoms with Crippen LogP contribution in [0.15, 0.2) is 0 Å². The molecule has 1 aliphatic carbocycles. The van der Waals surface area contributed by atoms with Crippen molar-refractivity contribution in [3.8, 4) is 0 Å². The first-order chi connectivity index (χ1) is 7.04. The largest absolute Gasteiger partial charge is 0.325 e. The van der Waals surface area contributed by atoms with Crippen LogP contribution in [0.1, 0.15) is 50.6 Å². The third kappa shape index (κ3) is 1.81. The number of aryl methyl sites for hydroxylation is 1.